The summed E-state index contributed by atoms with van der Waals surface area (Å²) >= 11 is 0. The number of ether oxygens (including phenoxy) is 1. The number of carbonyl (C=O) groups excluding carboxylic acids is 2. The molecule has 1 heterocycles. The van der Waals surface area contributed by atoms with E-state index in [0.29, 0.717) is 30.9 Å². The molecule has 0 aliphatic carbocycles. The van der Waals surface area contributed by atoms with Crippen molar-refractivity contribution in [2.75, 3.05) is 30.4 Å². The highest BCUT2D eigenvalue weighted by atomic mass is 16.5. The number of rotatable bonds is 7. The Morgan fingerprint density at radius 2 is 1.76 bits per heavy atom. The van der Waals surface area contributed by atoms with E-state index in [1.807, 2.05) is 60.7 Å². The van der Waals surface area contributed by atoms with Gasteiger partial charge in [0.2, 0.25) is 5.91 Å². The summed E-state index contributed by atoms with van der Waals surface area (Å²) in [6.45, 7) is 1.78. The van der Waals surface area contributed by atoms with Crippen molar-refractivity contribution in [1.82, 2.24) is 4.90 Å². The molecule has 0 unspecified atom stereocenters. The van der Waals surface area contributed by atoms with Gasteiger partial charge in [-0.3, -0.25) is 9.69 Å². The fraction of sp³-hybridized carbons (Fsp3) is 0.222. The van der Waals surface area contributed by atoms with E-state index < -0.39 is 0 Å². The summed E-state index contributed by atoms with van der Waals surface area (Å²) < 4.78 is 5.15. The number of carbonyl (C=O) groups is 2. The average molecular weight is 455 g/mol. The van der Waals surface area contributed by atoms with Gasteiger partial charge in [-0.05, 0) is 60.0 Å². The van der Waals surface area contributed by atoms with Gasteiger partial charge in [-0.15, -0.1) is 0 Å². The molecule has 7 heteroatoms. The minimum Gasteiger partial charge on any atom is -0.497 e. The van der Waals surface area contributed by atoms with Crippen molar-refractivity contribution >= 4 is 23.3 Å². The van der Waals surface area contributed by atoms with Crippen molar-refractivity contribution in [1.29, 1.82) is 5.26 Å². The van der Waals surface area contributed by atoms with Gasteiger partial charge in [-0.2, -0.15) is 5.26 Å². The predicted molar refractivity (Wildman–Crippen MR) is 131 cm³/mol. The summed E-state index contributed by atoms with van der Waals surface area (Å²) in [5.74, 6) is 0.617. The van der Waals surface area contributed by atoms with Crippen LogP contribution in [0.3, 0.4) is 0 Å². The van der Waals surface area contributed by atoms with E-state index in [2.05, 4.69) is 11.4 Å². The van der Waals surface area contributed by atoms with Gasteiger partial charge in [0.05, 0.1) is 25.2 Å². The van der Waals surface area contributed by atoms with Crippen molar-refractivity contribution < 1.29 is 14.3 Å². The summed E-state index contributed by atoms with van der Waals surface area (Å²) in [6, 6.07) is 24.1. The van der Waals surface area contributed by atoms with Gasteiger partial charge in [0.1, 0.15) is 5.75 Å². The van der Waals surface area contributed by atoms with Crippen molar-refractivity contribution in [3.05, 3.63) is 89.5 Å². The van der Waals surface area contributed by atoms with Gasteiger partial charge < -0.3 is 15.0 Å². The second kappa shape index (κ2) is 10.5. The summed E-state index contributed by atoms with van der Waals surface area (Å²) in [7, 11) is 1.61. The molecule has 3 amide bonds. The lowest BCUT2D eigenvalue weighted by atomic mass is 10.1. The van der Waals surface area contributed by atoms with Gasteiger partial charge in [-0.1, -0.05) is 30.3 Å². The number of hydrogen-bond donors (Lipinski definition) is 1. The van der Waals surface area contributed by atoms with Crippen LogP contribution in [0.2, 0.25) is 0 Å². The van der Waals surface area contributed by atoms with E-state index in [1.165, 1.54) is 0 Å². The van der Waals surface area contributed by atoms with Crippen LogP contribution in [0.5, 0.6) is 5.75 Å². The second-order valence-electron chi connectivity index (χ2n) is 8.14. The molecule has 0 spiro atoms. The molecule has 172 valence electrons. The maximum absolute atomic E-state index is 13.2. The van der Waals surface area contributed by atoms with Crippen LogP contribution in [0.25, 0.3) is 0 Å². The zero-order valence-corrected chi connectivity index (χ0v) is 19.0. The Bertz CT molecular complexity index is 1200. The van der Waals surface area contributed by atoms with Crippen molar-refractivity contribution in [3.8, 4) is 11.8 Å². The van der Waals surface area contributed by atoms with Gasteiger partial charge in [0, 0.05) is 31.0 Å². The van der Waals surface area contributed by atoms with Crippen molar-refractivity contribution in [2.24, 2.45) is 0 Å². The van der Waals surface area contributed by atoms with E-state index in [0.717, 1.165) is 29.0 Å². The second-order valence-corrected chi connectivity index (χ2v) is 8.14. The molecule has 0 atom stereocenters. The molecule has 0 saturated carbocycles. The molecular formula is C27H26N4O3. The van der Waals surface area contributed by atoms with Crippen LogP contribution in [0.15, 0.2) is 72.8 Å². The van der Waals surface area contributed by atoms with E-state index in [4.69, 9.17) is 10.00 Å². The molecule has 34 heavy (non-hydrogen) atoms. The molecule has 3 aromatic rings. The first-order valence-electron chi connectivity index (χ1n) is 11.1. The maximum Gasteiger partial charge on any atom is 0.324 e. The standard InChI is InChI=1S/C27H26N4O3/c1-34-25-12-10-20(11-13-25)16-26(32)29-23-4-2-5-24(17-23)31-15-3-14-30(27(31)33)19-22-8-6-21(18-28)7-9-22/h2,4-13,17H,3,14-16,19H2,1H3,(H,29,32). The fourth-order valence-electron chi connectivity index (χ4n) is 3.96. The molecule has 1 aliphatic heterocycles. The molecule has 0 radical (unpaired) electrons. The quantitative estimate of drug-likeness (QED) is 0.566. The first kappa shape index (κ1) is 22.9. The highest BCUT2D eigenvalue weighted by Crippen LogP contribution is 2.25. The lowest BCUT2D eigenvalue weighted by Crippen LogP contribution is -2.49. The van der Waals surface area contributed by atoms with Gasteiger partial charge in [-0.25, -0.2) is 4.79 Å². The molecular weight excluding hydrogens is 428 g/mol. The number of benzene rings is 3. The van der Waals surface area contributed by atoms with Gasteiger partial charge in [0.15, 0.2) is 0 Å². The van der Waals surface area contributed by atoms with Crippen LogP contribution >= 0.6 is 0 Å². The topological polar surface area (TPSA) is 85.7 Å². The third-order valence-electron chi connectivity index (χ3n) is 5.73. The molecule has 7 nitrogen and oxygen atoms in total. The lowest BCUT2D eigenvalue weighted by molar-refractivity contribution is -0.115. The number of nitriles is 1. The Balaban J connectivity index is 1.40. The zero-order chi connectivity index (χ0) is 23.9. The molecule has 1 fully saturated rings. The van der Waals surface area contributed by atoms with E-state index in [-0.39, 0.29) is 18.4 Å². The smallest absolute Gasteiger partial charge is 0.324 e. The third kappa shape index (κ3) is 5.54. The molecule has 1 saturated heterocycles. The van der Waals surface area contributed by atoms with Crippen LogP contribution in [-0.2, 0) is 17.8 Å². The first-order chi connectivity index (χ1) is 16.6. The van der Waals surface area contributed by atoms with Crippen molar-refractivity contribution in [2.45, 2.75) is 19.4 Å². The zero-order valence-electron chi connectivity index (χ0n) is 19.0. The van der Waals surface area contributed by atoms with Crippen LogP contribution < -0.4 is 15.0 Å². The summed E-state index contributed by atoms with van der Waals surface area (Å²) in [4.78, 5) is 29.3. The lowest BCUT2D eigenvalue weighted by Gasteiger charge is -2.36. The number of hydrogen-bond acceptors (Lipinski definition) is 4. The number of methoxy groups -OCH3 is 1. The van der Waals surface area contributed by atoms with Crippen LogP contribution in [-0.4, -0.2) is 37.0 Å². The molecule has 1 N–H and O–H groups in total. The Morgan fingerprint density at radius 3 is 2.47 bits per heavy atom. The Hall–Kier alpha value is -4.31. The number of amides is 3. The largest absolute Gasteiger partial charge is 0.497 e. The monoisotopic (exact) mass is 454 g/mol. The maximum atomic E-state index is 13.2. The van der Waals surface area contributed by atoms with Gasteiger partial charge in [0.25, 0.3) is 0 Å². The van der Waals surface area contributed by atoms with E-state index in [1.54, 1.807) is 29.0 Å². The number of urea groups is 1. The summed E-state index contributed by atoms with van der Waals surface area (Å²) in [5, 5.41) is 11.9. The predicted octanol–water partition coefficient (Wildman–Crippen LogP) is 4.58. The van der Waals surface area contributed by atoms with Crippen LogP contribution in [0.4, 0.5) is 16.2 Å². The fourth-order valence-corrected chi connectivity index (χ4v) is 3.96. The summed E-state index contributed by atoms with van der Waals surface area (Å²) in [5.41, 5.74) is 3.86. The Kier molecular flexibility index (Phi) is 7.09. The van der Waals surface area contributed by atoms with Crippen molar-refractivity contribution in [3.63, 3.8) is 0 Å². The normalized spacial score (nSPS) is 13.4. The Morgan fingerprint density at radius 1 is 1.03 bits per heavy atom. The summed E-state index contributed by atoms with van der Waals surface area (Å²) in [6.07, 6.45) is 1.09. The highest BCUT2D eigenvalue weighted by molar-refractivity contribution is 5.95. The number of anilines is 2. The number of nitrogens with one attached hydrogen (secondary N) is 1. The molecule has 0 bridgehead atoms. The Labute approximate surface area is 199 Å². The SMILES string of the molecule is COc1ccc(CC(=O)Nc2cccc(N3CCCN(Cc4ccc(C#N)cc4)C3=O)c2)cc1. The molecule has 4 rings (SSSR count). The third-order valence-corrected chi connectivity index (χ3v) is 5.73. The molecule has 1 aliphatic rings. The van der Waals surface area contributed by atoms with Crippen LogP contribution in [0, 0.1) is 11.3 Å². The minimum atomic E-state index is -0.130. The molecule has 0 aromatic heterocycles. The van der Waals surface area contributed by atoms with E-state index >= 15 is 0 Å². The van der Waals surface area contributed by atoms with E-state index in [9.17, 15) is 9.59 Å². The van der Waals surface area contributed by atoms with Crippen LogP contribution in [0.1, 0.15) is 23.1 Å². The number of nitrogens with zero attached hydrogens (tertiary/aromatic N) is 3. The minimum absolute atomic E-state index is 0.0719. The first-order valence-corrected chi connectivity index (χ1v) is 11.1. The van der Waals surface area contributed by atoms with Gasteiger partial charge >= 0.3 is 6.03 Å². The highest BCUT2D eigenvalue weighted by Gasteiger charge is 2.27. The average Bonchev–Trinajstić information content (AvgIpc) is 2.86. The molecule has 3 aromatic carbocycles.